The largest absolute Gasteiger partial charge is 0.493 e. The molecule has 1 unspecified atom stereocenters. The Kier molecular flexibility index (Phi) is 5.90. The maximum Gasteiger partial charge on any atom is 0.258 e. The number of hydrogen-bond donors (Lipinski definition) is 1. The van der Waals surface area contributed by atoms with Crippen LogP contribution in [0.25, 0.3) is 17.0 Å². The molecule has 0 aliphatic carbocycles. The van der Waals surface area contributed by atoms with Crippen molar-refractivity contribution in [3.05, 3.63) is 65.7 Å². The fourth-order valence-corrected chi connectivity index (χ4v) is 4.14. The standard InChI is InChI=1S/C23H24N4O3S/c1-5-27-14(2)19(22-25-21(26-30-22)15-9-7-6-8-10-15)20(24-23(27)31)16-11-12-17(28-3)18(13-16)29-4/h6-13,20H,5H2,1-4H3,(H,24,31). The van der Waals surface area contributed by atoms with E-state index in [0.29, 0.717) is 28.3 Å². The van der Waals surface area contributed by atoms with Crippen LogP contribution in [0.3, 0.4) is 0 Å². The fourth-order valence-electron chi connectivity index (χ4n) is 3.76. The zero-order valence-electron chi connectivity index (χ0n) is 17.9. The van der Waals surface area contributed by atoms with Gasteiger partial charge in [0.2, 0.25) is 5.82 Å². The van der Waals surface area contributed by atoms with Gasteiger partial charge in [-0.2, -0.15) is 4.98 Å². The molecular formula is C23H24N4O3S. The van der Waals surface area contributed by atoms with E-state index < -0.39 is 0 Å². The summed E-state index contributed by atoms with van der Waals surface area (Å²) in [5, 5.41) is 8.28. The first-order valence-electron chi connectivity index (χ1n) is 9.97. The summed E-state index contributed by atoms with van der Waals surface area (Å²) in [6.07, 6.45) is 0. The van der Waals surface area contributed by atoms with Crippen LogP contribution in [0, 0.1) is 0 Å². The lowest BCUT2D eigenvalue weighted by Gasteiger charge is -2.36. The zero-order valence-corrected chi connectivity index (χ0v) is 18.7. The molecule has 1 aliphatic rings. The first-order valence-corrected chi connectivity index (χ1v) is 10.4. The van der Waals surface area contributed by atoms with Crippen molar-refractivity contribution in [3.8, 4) is 22.9 Å². The summed E-state index contributed by atoms with van der Waals surface area (Å²) in [7, 11) is 3.23. The molecule has 1 aromatic heterocycles. The van der Waals surface area contributed by atoms with Crippen molar-refractivity contribution >= 4 is 22.9 Å². The maximum atomic E-state index is 5.73. The van der Waals surface area contributed by atoms with Gasteiger partial charge in [0.05, 0.1) is 25.8 Å². The minimum atomic E-state index is -0.279. The predicted octanol–water partition coefficient (Wildman–Crippen LogP) is 4.44. The summed E-state index contributed by atoms with van der Waals surface area (Å²) in [6.45, 7) is 4.79. The summed E-state index contributed by atoms with van der Waals surface area (Å²) in [5.41, 5.74) is 3.68. The van der Waals surface area contributed by atoms with Gasteiger partial charge in [-0.3, -0.25) is 0 Å². The lowest BCUT2D eigenvalue weighted by Crippen LogP contribution is -2.45. The summed E-state index contributed by atoms with van der Waals surface area (Å²) < 4.78 is 16.6. The fraction of sp³-hybridized carbons (Fsp3) is 0.261. The van der Waals surface area contributed by atoms with E-state index in [4.69, 9.17) is 31.2 Å². The molecule has 2 aromatic carbocycles. The number of aromatic nitrogens is 2. The summed E-state index contributed by atoms with van der Waals surface area (Å²) >= 11 is 5.63. The molecule has 0 spiro atoms. The van der Waals surface area contributed by atoms with E-state index in [0.717, 1.165) is 28.9 Å². The highest BCUT2D eigenvalue weighted by Crippen LogP contribution is 2.39. The van der Waals surface area contributed by atoms with E-state index in [2.05, 4.69) is 17.4 Å². The quantitative estimate of drug-likeness (QED) is 0.569. The minimum absolute atomic E-state index is 0.279. The zero-order chi connectivity index (χ0) is 22.0. The van der Waals surface area contributed by atoms with Gasteiger partial charge in [0.15, 0.2) is 16.6 Å². The van der Waals surface area contributed by atoms with Crippen molar-refractivity contribution in [2.45, 2.75) is 19.9 Å². The van der Waals surface area contributed by atoms with Crippen molar-refractivity contribution in [1.82, 2.24) is 20.4 Å². The number of benzene rings is 2. The second-order valence-electron chi connectivity index (χ2n) is 7.03. The Labute approximate surface area is 186 Å². The molecule has 0 radical (unpaired) electrons. The molecule has 160 valence electrons. The first-order chi connectivity index (χ1) is 15.1. The lowest BCUT2D eigenvalue weighted by molar-refractivity contribution is 0.354. The molecule has 4 rings (SSSR count). The van der Waals surface area contributed by atoms with E-state index in [1.807, 2.05) is 60.4 Å². The van der Waals surface area contributed by atoms with E-state index in [1.165, 1.54) is 0 Å². The number of nitrogens with one attached hydrogen (secondary N) is 1. The van der Waals surface area contributed by atoms with Crippen LogP contribution in [-0.2, 0) is 0 Å². The molecule has 1 N–H and O–H groups in total. The molecule has 1 aliphatic heterocycles. The van der Waals surface area contributed by atoms with Crippen molar-refractivity contribution in [3.63, 3.8) is 0 Å². The average molecular weight is 437 g/mol. The van der Waals surface area contributed by atoms with Crippen LogP contribution in [0.2, 0.25) is 0 Å². The third kappa shape index (κ3) is 3.86. The number of hydrogen-bond acceptors (Lipinski definition) is 6. The molecule has 2 heterocycles. The van der Waals surface area contributed by atoms with Gasteiger partial charge in [-0.1, -0.05) is 41.6 Å². The third-order valence-corrected chi connectivity index (χ3v) is 5.68. The molecule has 8 heteroatoms. The molecule has 3 aromatic rings. The lowest BCUT2D eigenvalue weighted by atomic mass is 9.94. The topological polar surface area (TPSA) is 72.7 Å². The average Bonchev–Trinajstić information content (AvgIpc) is 3.28. The van der Waals surface area contributed by atoms with Gasteiger partial charge < -0.3 is 24.2 Å². The molecule has 0 saturated carbocycles. The van der Waals surface area contributed by atoms with Crippen LogP contribution >= 0.6 is 12.2 Å². The van der Waals surface area contributed by atoms with Gasteiger partial charge in [0, 0.05) is 17.8 Å². The van der Waals surface area contributed by atoms with Gasteiger partial charge in [0.25, 0.3) is 5.89 Å². The van der Waals surface area contributed by atoms with E-state index in [1.54, 1.807) is 14.2 Å². The Hall–Kier alpha value is -3.39. The third-order valence-electron chi connectivity index (χ3n) is 5.34. The Morgan fingerprint density at radius 1 is 1.10 bits per heavy atom. The minimum Gasteiger partial charge on any atom is -0.493 e. The van der Waals surface area contributed by atoms with Crippen LogP contribution in [0.15, 0.2) is 58.8 Å². The highest BCUT2D eigenvalue weighted by molar-refractivity contribution is 7.80. The number of thiocarbonyl (C=S) groups is 1. The number of nitrogens with zero attached hydrogens (tertiary/aromatic N) is 3. The molecule has 0 amide bonds. The Balaban J connectivity index is 1.83. The predicted molar refractivity (Wildman–Crippen MR) is 123 cm³/mol. The molecule has 31 heavy (non-hydrogen) atoms. The van der Waals surface area contributed by atoms with Gasteiger partial charge in [-0.05, 0) is 43.8 Å². The van der Waals surface area contributed by atoms with Crippen molar-refractivity contribution in [1.29, 1.82) is 0 Å². The van der Waals surface area contributed by atoms with Gasteiger partial charge in [0.1, 0.15) is 0 Å². The van der Waals surface area contributed by atoms with Crippen LogP contribution in [-0.4, -0.2) is 40.9 Å². The number of allylic oxidation sites excluding steroid dienone is 1. The smallest absolute Gasteiger partial charge is 0.258 e. The summed E-state index contributed by atoms with van der Waals surface area (Å²) in [4.78, 5) is 6.72. The van der Waals surface area contributed by atoms with E-state index in [-0.39, 0.29) is 6.04 Å². The van der Waals surface area contributed by atoms with Gasteiger partial charge in [-0.15, -0.1) is 0 Å². The Bertz CT molecular complexity index is 1130. The molecule has 0 bridgehead atoms. The van der Waals surface area contributed by atoms with Crippen molar-refractivity contribution in [2.75, 3.05) is 20.8 Å². The second-order valence-corrected chi connectivity index (χ2v) is 7.42. The normalized spacial score (nSPS) is 16.3. The first kappa shape index (κ1) is 20.9. The van der Waals surface area contributed by atoms with Crippen LogP contribution in [0.1, 0.15) is 31.3 Å². The number of methoxy groups -OCH3 is 2. The van der Waals surface area contributed by atoms with Crippen LogP contribution in [0.5, 0.6) is 11.5 Å². The number of rotatable bonds is 6. The van der Waals surface area contributed by atoms with Crippen LogP contribution in [0.4, 0.5) is 0 Å². The highest BCUT2D eigenvalue weighted by atomic mass is 32.1. The second kappa shape index (κ2) is 8.77. The molecule has 1 atom stereocenters. The molecule has 0 saturated heterocycles. The molecular weight excluding hydrogens is 412 g/mol. The maximum absolute atomic E-state index is 5.73. The molecule has 7 nitrogen and oxygen atoms in total. The summed E-state index contributed by atoms with van der Waals surface area (Å²) in [6, 6.07) is 15.3. The van der Waals surface area contributed by atoms with E-state index >= 15 is 0 Å². The monoisotopic (exact) mass is 436 g/mol. The van der Waals surface area contributed by atoms with Crippen molar-refractivity contribution in [2.24, 2.45) is 0 Å². The Morgan fingerprint density at radius 3 is 2.52 bits per heavy atom. The van der Waals surface area contributed by atoms with Crippen molar-refractivity contribution < 1.29 is 14.0 Å². The van der Waals surface area contributed by atoms with Crippen LogP contribution < -0.4 is 14.8 Å². The van der Waals surface area contributed by atoms with Gasteiger partial charge >= 0.3 is 0 Å². The molecule has 0 fully saturated rings. The summed E-state index contributed by atoms with van der Waals surface area (Å²) in [5.74, 6) is 2.28. The van der Waals surface area contributed by atoms with E-state index in [9.17, 15) is 0 Å². The van der Waals surface area contributed by atoms with Gasteiger partial charge in [-0.25, -0.2) is 0 Å². The Morgan fingerprint density at radius 2 is 1.84 bits per heavy atom. The number of ether oxygens (including phenoxy) is 2. The highest BCUT2D eigenvalue weighted by Gasteiger charge is 2.34. The SMILES string of the molecule is CCN1C(=S)NC(c2ccc(OC)c(OC)c2)C(c2nc(-c3ccccc3)no2)=C1C.